The zero-order valence-electron chi connectivity index (χ0n) is 22.6. The minimum atomic E-state index is -0.521. The minimum Gasteiger partial charge on any atom is -0.491 e. The molecule has 0 saturated heterocycles. The summed E-state index contributed by atoms with van der Waals surface area (Å²) in [7, 11) is 4.66. The van der Waals surface area contributed by atoms with Gasteiger partial charge in [-0.25, -0.2) is 9.37 Å². The maximum atomic E-state index is 13.5. The summed E-state index contributed by atoms with van der Waals surface area (Å²) in [5, 5.41) is 9.89. The molecule has 2 aromatic carbocycles. The quantitative estimate of drug-likeness (QED) is 0.257. The molecule has 208 valence electrons. The summed E-state index contributed by atoms with van der Waals surface area (Å²) in [6, 6.07) is 15.7. The van der Waals surface area contributed by atoms with Crippen molar-refractivity contribution in [2.45, 2.75) is 13.0 Å². The number of Topliss-reactive ketones (excluding diaryl/α,β-unsaturated/α-hetero) is 1. The molecule has 0 radical (unpaired) electrons. The van der Waals surface area contributed by atoms with Gasteiger partial charge in [0.2, 0.25) is 5.43 Å². The van der Waals surface area contributed by atoms with Crippen LogP contribution in [0.2, 0.25) is 0 Å². The van der Waals surface area contributed by atoms with E-state index in [1.54, 1.807) is 54.2 Å². The van der Waals surface area contributed by atoms with Gasteiger partial charge in [0.1, 0.15) is 17.1 Å². The molecule has 1 N–H and O–H groups in total. The first-order valence-corrected chi connectivity index (χ1v) is 12.6. The fraction of sp³-hybridized carbons (Fsp3) is 0.161. The zero-order chi connectivity index (χ0) is 29.1. The van der Waals surface area contributed by atoms with Crippen molar-refractivity contribution in [2.24, 2.45) is 7.05 Å². The first-order chi connectivity index (χ1) is 19.8. The summed E-state index contributed by atoms with van der Waals surface area (Å²) < 4.78 is 31.7. The Morgan fingerprint density at radius 3 is 2.39 bits per heavy atom. The van der Waals surface area contributed by atoms with Gasteiger partial charge in [0.15, 0.2) is 17.3 Å². The van der Waals surface area contributed by atoms with Gasteiger partial charge in [-0.3, -0.25) is 14.6 Å². The van der Waals surface area contributed by atoms with Crippen molar-refractivity contribution in [1.82, 2.24) is 14.5 Å². The highest BCUT2D eigenvalue weighted by atomic mass is 19.1. The maximum absolute atomic E-state index is 13.5. The number of ketones is 1. The van der Waals surface area contributed by atoms with E-state index in [0.717, 1.165) is 0 Å². The van der Waals surface area contributed by atoms with Gasteiger partial charge in [-0.1, -0.05) is 24.3 Å². The van der Waals surface area contributed by atoms with Gasteiger partial charge in [0.25, 0.3) is 5.88 Å². The van der Waals surface area contributed by atoms with Gasteiger partial charge in [-0.2, -0.15) is 0 Å². The van der Waals surface area contributed by atoms with Crippen LogP contribution in [0.15, 0.2) is 77.9 Å². The Morgan fingerprint density at radius 1 is 1.00 bits per heavy atom. The third-order valence-corrected chi connectivity index (χ3v) is 6.63. The number of benzene rings is 2. The second kappa shape index (κ2) is 11.6. The molecule has 0 bridgehead atoms. The van der Waals surface area contributed by atoms with Crippen molar-refractivity contribution in [2.75, 3.05) is 14.2 Å². The van der Waals surface area contributed by atoms with Crippen LogP contribution in [0.25, 0.3) is 22.2 Å². The molecule has 3 heterocycles. The average Bonchev–Trinajstić information content (AvgIpc) is 2.98. The number of aliphatic hydroxyl groups is 1. The number of carbonyl (C=O) groups is 1. The number of pyridine rings is 3. The SMILES string of the molecule is COc1cc2nccc(Oc3ccc(CC(=O)c4cn(C)c(CO)c(-c5ccc(F)cc5)c4=O)cc3)c2nc1OC. The number of aliphatic hydroxyl groups excluding tert-OH is 1. The van der Waals surface area contributed by atoms with E-state index in [-0.39, 0.29) is 17.5 Å². The Morgan fingerprint density at radius 2 is 1.73 bits per heavy atom. The number of fused-ring (bicyclic) bond motifs is 1. The molecular weight excluding hydrogens is 529 g/mol. The third kappa shape index (κ3) is 5.50. The summed E-state index contributed by atoms with van der Waals surface area (Å²) >= 11 is 0. The van der Waals surface area contributed by atoms with Crippen LogP contribution in [-0.2, 0) is 20.1 Å². The predicted octanol–water partition coefficient (Wildman–Crippen LogP) is 4.86. The zero-order valence-corrected chi connectivity index (χ0v) is 22.6. The fourth-order valence-electron chi connectivity index (χ4n) is 4.55. The number of ether oxygens (including phenoxy) is 3. The third-order valence-electron chi connectivity index (χ3n) is 6.63. The highest BCUT2D eigenvalue weighted by molar-refractivity contribution is 5.98. The van der Waals surface area contributed by atoms with Gasteiger partial charge in [0.05, 0.1) is 43.2 Å². The highest BCUT2D eigenvalue weighted by Gasteiger charge is 2.20. The molecule has 0 aliphatic rings. The number of halogens is 1. The van der Waals surface area contributed by atoms with Crippen molar-refractivity contribution in [1.29, 1.82) is 0 Å². The maximum Gasteiger partial charge on any atom is 0.257 e. The van der Waals surface area contributed by atoms with E-state index in [9.17, 15) is 19.1 Å². The Labute approximate surface area is 234 Å². The van der Waals surface area contributed by atoms with Gasteiger partial charge in [0, 0.05) is 38.0 Å². The molecule has 41 heavy (non-hydrogen) atoms. The van der Waals surface area contributed by atoms with E-state index in [2.05, 4.69) is 9.97 Å². The highest BCUT2D eigenvalue weighted by Crippen LogP contribution is 2.34. The summed E-state index contributed by atoms with van der Waals surface area (Å²) in [4.78, 5) is 35.4. The van der Waals surface area contributed by atoms with Gasteiger partial charge < -0.3 is 23.9 Å². The van der Waals surface area contributed by atoms with Crippen LogP contribution in [0.3, 0.4) is 0 Å². The Bertz CT molecular complexity index is 1800. The normalized spacial score (nSPS) is 11.0. The van der Waals surface area contributed by atoms with Gasteiger partial charge in [-0.15, -0.1) is 0 Å². The first kappa shape index (κ1) is 27.5. The van der Waals surface area contributed by atoms with E-state index in [4.69, 9.17) is 14.2 Å². The first-order valence-electron chi connectivity index (χ1n) is 12.6. The average molecular weight is 556 g/mol. The molecule has 0 aliphatic heterocycles. The fourth-order valence-corrected chi connectivity index (χ4v) is 4.55. The Balaban J connectivity index is 1.39. The molecule has 0 atom stereocenters. The predicted molar refractivity (Wildman–Crippen MR) is 150 cm³/mol. The second-order valence-corrected chi connectivity index (χ2v) is 9.19. The number of rotatable bonds is 9. The molecule has 0 unspecified atom stereocenters. The summed E-state index contributed by atoms with van der Waals surface area (Å²) in [5.41, 5.74) is 2.09. The smallest absolute Gasteiger partial charge is 0.257 e. The van der Waals surface area contributed by atoms with E-state index >= 15 is 0 Å². The Kier molecular flexibility index (Phi) is 7.75. The molecule has 0 fully saturated rings. The molecule has 3 aromatic heterocycles. The van der Waals surface area contributed by atoms with E-state index in [1.165, 1.54) is 44.7 Å². The number of carbonyl (C=O) groups excluding carboxylic acids is 1. The van der Waals surface area contributed by atoms with E-state index in [1.807, 2.05) is 0 Å². The standard InChI is InChI=1S/C31H26FN3O6/c1-35-16-22(30(38)28(24(35)17-36)19-6-8-20(32)9-7-19)25(37)14-18-4-10-21(11-5-18)41-26-12-13-33-23-15-27(39-2)31(40-3)34-29(23)26/h4-13,15-16,36H,14,17H2,1-3H3. The lowest BCUT2D eigenvalue weighted by atomic mass is 9.97. The number of hydrogen-bond acceptors (Lipinski definition) is 8. The largest absolute Gasteiger partial charge is 0.491 e. The lowest BCUT2D eigenvalue weighted by Gasteiger charge is -2.15. The van der Waals surface area contributed by atoms with Crippen LogP contribution in [0.4, 0.5) is 4.39 Å². The van der Waals surface area contributed by atoms with Crippen LogP contribution >= 0.6 is 0 Å². The van der Waals surface area contributed by atoms with E-state index < -0.39 is 23.6 Å². The molecule has 0 spiro atoms. The monoisotopic (exact) mass is 555 g/mol. The van der Waals surface area contributed by atoms with Crippen LogP contribution in [0.5, 0.6) is 23.1 Å². The summed E-state index contributed by atoms with van der Waals surface area (Å²) in [6.07, 6.45) is 2.99. The molecule has 10 heteroatoms. The molecule has 5 rings (SSSR count). The topological polar surface area (TPSA) is 113 Å². The molecule has 9 nitrogen and oxygen atoms in total. The molecule has 0 saturated carbocycles. The lowest BCUT2D eigenvalue weighted by molar-refractivity contribution is 0.0991. The molecule has 0 amide bonds. The van der Waals surface area contributed by atoms with Crippen LogP contribution < -0.4 is 19.6 Å². The number of aryl methyl sites for hydroxylation is 1. The molecular formula is C31H26FN3O6. The number of aromatic nitrogens is 3. The summed E-state index contributed by atoms with van der Waals surface area (Å²) in [5.74, 6) is 0.867. The van der Waals surface area contributed by atoms with Crippen LogP contribution in [0.1, 0.15) is 21.6 Å². The number of methoxy groups -OCH3 is 2. The van der Waals surface area contributed by atoms with Crippen LogP contribution in [-0.4, -0.2) is 39.6 Å². The second-order valence-electron chi connectivity index (χ2n) is 9.19. The van der Waals surface area contributed by atoms with Crippen LogP contribution in [0, 0.1) is 5.82 Å². The molecule has 0 aliphatic carbocycles. The van der Waals surface area contributed by atoms with Crippen molar-refractivity contribution in [3.8, 4) is 34.3 Å². The lowest BCUT2D eigenvalue weighted by Crippen LogP contribution is -2.23. The van der Waals surface area contributed by atoms with Gasteiger partial charge >= 0.3 is 0 Å². The summed E-state index contributed by atoms with van der Waals surface area (Å²) in [6.45, 7) is -0.420. The minimum absolute atomic E-state index is 0.0249. The van der Waals surface area contributed by atoms with Crippen molar-refractivity contribution >= 4 is 16.8 Å². The van der Waals surface area contributed by atoms with Crippen molar-refractivity contribution in [3.05, 3.63) is 106 Å². The number of hydrogen-bond donors (Lipinski definition) is 1. The van der Waals surface area contributed by atoms with E-state index in [0.29, 0.717) is 51.0 Å². The molecule has 5 aromatic rings. The van der Waals surface area contributed by atoms with Crippen molar-refractivity contribution in [3.63, 3.8) is 0 Å². The Hall–Kier alpha value is -5.09. The number of nitrogens with zero attached hydrogens (tertiary/aromatic N) is 3. The van der Waals surface area contributed by atoms with Crippen molar-refractivity contribution < 1.29 is 28.5 Å². The van der Waals surface area contributed by atoms with Gasteiger partial charge in [-0.05, 0) is 35.4 Å².